The van der Waals surface area contributed by atoms with E-state index < -0.39 is 10.0 Å². The largest absolute Gasteiger partial charge is 0.497 e. The zero-order valence-corrected chi connectivity index (χ0v) is 18.1. The molecule has 0 aliphatic heterocycles. The van der Waals surface area contributed by atoms with Crippen LogP contribution in [0.15, 0.2) is 54.6 Å². The number of sulfonamides is 1. The van der Waals surface area contributed by atoms with E-state index in [9.17, 15) is 13.2 Å². The molecule has 1 amide bonds. The highest BCUT2D eigenvalue weighted by Gasteiger charge is 2.18. The summed E-state index contributed by atoms with van der Waals surface area (Å²) in [6.07, 6.45) is 3.65. The number of hydrogen-bond donors (Lipinski definition) is 1. The molecule has 0 unspecified atom stereocenters. The van der Waals surface area contributed by atoms with E-state index in [1.807, 2.05) is 25.1 Å². The highest BCUT2D eigenvalue weighted by Crippen LogP contribution is 2.22. The third kappa shape index (κ3) is 7.77. The number of nitrogens with one attached hydrogen (secondary N) is 1. The van der Waals surface area contributed by atoms with Gasteiger partial charge in [0, 0.05) is 19.0 Å². The van der Waals surface area contributed by atoms with E-state index in [0.717, 1.165) is 12.8 Å². The molecule has 0 saturated carbocycles. The third-order valence-corrected chi connectivity index (χ3v) is 5.84. The van der Waals surface area contributed by atoms with Crippen molar-refractivity contribution >= 4 is 21.6 Å². The van der Waals surface area contributed by atoms with Gasteiger partial charge in [0.15, 0.2) is 0 Å². The molecule has 0 aliphatic carbocycles. The van der Waals surface area contributed by atoms with Crippen molar-refractivity contribution in [3.8, 4) is 5.75 Å². The van der Waals surface area contributed by atoms with Gasteiger partial charge in [0.2, 0.25) is 15.9 Å². The van der Waals surface area contributed by atoms with Crippen molar-refractivity contribution in [2.24, 2.45) is 0 Å². The van der Waals surface area contributed by atoms with Gasteiger partial charge < -0.3 is 10.1 Å². The minimum absolute atomic E-state index is 0.0613. The summed E-state index contributed by atoms with van der Waals surface area (Å²) in [6.45, 7) is 2.23. The van der Waals surface area contributed by atoms with Gasteiger partial charge in [-0.2, -0.15) is 0 Å². The van der Waals surface area contributed by atoms with E-state index >= 15 is 0 Å². The molecule has 2 aromatic rings. The molecule has 2 aromatic carbocycles. The number of ether oxygens (including phenoxy) is 1. The topological polar surface area (TPSA) is 75.7 Å². The van der Waals surface area contributed by atoms with Gasteiger partial charge in [-0.05, 0) is 56.0 Å². The summed E-state index contributed by atoms with van der Waals surface area (Å²) in [5.74, 6) is 0.597. The van der Waals surface area contributed by atoms with Crippen LogP contribution in [0, 0.1) is 0 Å². The Morgan fingerprint density at radius 1 is 1.10 bits per heavy atom. The molecule has 0 heterocycles. The fourth-order valence-corrected chi connectivity index (χ4v) is 4.03. The van der Waals surface area contributed by atoms with Gasteiger partial charge in [0.05, 0.1) is 19.1 Å². The number of rotatable bonds is 11. The molecule has 6 nitrogen and oxygen atoms in total. The number of benzene rings is 2. The first-order valence-electron chi connectivity index (χ1n) is 9.74. The maximum absolute atomic E-state index is 12.2. The van der Waals surface area contributed by atoms with Crippen LogP contribution in [0.1, 0.15) is 31.7 Å². The number of carbonyl (C=O) groups is 1. The van der Waals surface area contributed by atoms with E-state index in [1.54, 1.807) is 31.4 Å². The van der Waals surface area contributed by atoms with Crippen LogP contribution in [0.3, 0.4) is 0 Å². The molecule has 2 rings (SSSR count). The smallest absolute Gasteiger partial charge is 0.232 e. The van der Waals surface area contributed by atoms with Crippen LogP contribution >= 0.6 is 0 Å². The molecule has 0 bridgehead atoms. The Balaban J connectivity index is 1.81. The van der Waals surface area contributed by atoms with Gasteiger partial charge >= 0.3 is 0 Å². The summed E-state index contributed by atoms with van der Waals surface area (Å²) in [4.78, 5) is 12.2. The molecule has 158 valence electrons. The summed E-state index contributed by atoms with van der Waals surface area (Å²) in [5.41, 5.74) is 1.81. The number of carbonyl (C=O) groups excluding carboxylic acids is 1. The monoisotopic (exact) mass is 418 g/mol. The summed E-state index contributed by atoms with van der Waals surface area (Å²) >= 11 is 0. The summed E-state index contributed by atoms with van der Waals surface area (Å²) in [5, 5.41) is 2.99. The minimum Gasteiger partial charge on any atom is -0.497 e. The van der Waals surface area contributed by atoms with Gasteiger partial charge in [0.25, 0.3) is 0 Å². The summed E-state index contributed by atoms with van der Waals surface area (Å²) in [6, 6.07) is 17.1. The highest BCUT2D eigenvalue weighted by molar-refractivity contribution is 7.92. The van der Waals surface area contributed by atoms with E-state index in [4.69, 9.17) is 4.74 Å². The Morgan fingerprint density at radius 2 is 1.76 bits per heavy atom. The fraction of sp³-hybridized carbons (Fsp3) is 0.409. The van der Waals surface area contributed by atoms with Crippen molar-refractivity contribution in [2.75, 3.05) is 24.2 Å². The zero-order chi connectivity index (χ0) is 21.3. The quantitative estimate of drug-likeness (QED) is 0.607. The average Bonchev–Trinajstić information content (AvgIpc) is 2.70. The molecule has 0 radical (unpaired) electrons. The lowest BCUT2D eigenvalue weighted by Crippen LogP contribution is -2.34. The molecule has 1 N–H and O–H groups in total. The maximum Gasteiger partial charge on any atom is 0.232 e. The lowest BCUT2D eigenvalue weighted by Gasteiger charge is -2.22. The predicted octanol–water partition coefficient (Wildman–Crippen LogP) is 3.38. The van der Waals surface area contributed by atoms with Crippen LogP contribution in [-0.2, 0) is 21.2 Å². The van der Waals surface area contributed by atoms with E-state index in [0.29, 0.717) is 17.9 Å². The number of hydrogen-bond acceptors (Lipinski definition) is 4. The van der Waals surface area contributed by atoms with E-state index in [-0.39, 0.29) is 24.9 Å². The zero-order valence-electron chi connectivity index (χ0n) is 17.3. The molecule has 0 spiro atoms. The van der Waals surface area contributed by atoms with Crippen molar-refractivity contribution in [2.45, 2.75) is 38.6 Å². The van der Waals surface area contributed by atoms with Crippen molar-refractivity contribution in [1.29, 1.82) is 0 Å². The molecule has 7 heteroatoms. The predicted molar refractivity (Wildman–Crippen MR) is 117 cm³/mol. The lowest BCUT2D eigenvalue weighted by molar-refractivity contribution is -0.121. The Morgan fingerprint density at radius 3 is 2.34 bits per heavy atom. The normalized spacial score (nSPS) is 12.2. The SMILES string of the molecule is COc1ccc(N(CCCC(=O)N[C@H](C)CCc2ccccc2)S(C)(=O)=O)cc1. The number of methoxy groups -OCH3 is 1. The first kappa shape index (κ1) is 22.7. The van der Waals surface area contributed by atoms with E-state index in [2.05, 4.69) is 17.4 Å². The highest BCUT2D eigenvalue weighted by atomic mass is 32.2. The molecule has 1 atom stereocenters. The molecular formula is C22H30N2O4S. The Hall–Kier alpha value is -2.54. The van der Waals surface area contributed by atoms with Crippen molar-refractivity contribution in [1.82, 2.24) is 5.32 Å². The second kappa shape index (κ2) is 10.9. The molecule has 0 aliphatic rings. The van der Waals surface area contributed by atoms with Gasteiger partial charge in [0.1, 0.15) is 5.75 Å². The Bertz CT molecular complexity index is 867. The molecule has 0 aromatic heterocycles. The molecule has 0 fully saturated rings. The number of nitrogens with zero attached hydrogens (tertiary/aromatic N) is 1. The van der Waals surface area contributed by atoms with Crippen molar-refractivity contribution in [3.05, 3.63) is 60.2 Å². The molecule has 0 saturated heterocycles. The van der Waals surface area contributed by atoms with Crippen molar-refractivity contribution < 1.29 is 17.9 Å². The van der Waals surface area contributed by atoms with Crippen LogP contribution in [0.4, 0.5) is 5.69 Å². The van der Waals surface area contributed by atoms with Gasteiger partial charge in [-0.3, -0.25) is 9.10 Å². The minimum atomic E-state index is -3.44. The lowest BCUT2D eigenvalue weighted by atomic mass is 10.1. The van der Waals surface area contributed by atoms with Crippen LogP contribution in [0.2, 0.25) is 0 Å². The van der Waals surface area contributed by atoms with Crippen LogP contribution in [0.25, 0.3) is 0 Å². The maximum atomic E-state index is 12.2. The second-order valence-electron chi connectivity index (χ2n) is 7.13. The Labute approximate surface area is 173 Å². The van der Waals surface area contributed by atoms with Crippen LogP contribution in [-0.4, -0.2) is 40.3 Å². The Kier molecular flexibility index (Phi) is 8.51. The van der Waals surface area contributed by atoms with Gasteiger partial charge in [-0.25, -0.2) is 8.42 Å². The number of amides is 1. The van der Waals surface area contributed by atoms with Crippen LogP contribution in [0.5, 0.6) is 5.75 Å². The van der Waals surface area contributed by atoms with Gasteiger partial charge in [-0.1, -0.05) is 30.3 Å². The average molecular weight is 419 g/mol. The molecule has 29 heavy (non-hydrogen) atoms. The van der Waals surface area contributed by atoms with E-state index in [1.165, 1.54) is 16.1 Å². The summed E-state index contributed by atoms with van der Waals surface area (Å²) in [7, 11) is -1.88. The van der Waals surface area contributed by atoms with Crippen LogP contribution < -0.4 is 14.4 Å². The van der Waals surface area contributed by atoms with Gasteiger partial charge in [-0.15, -0.1) is 0 Å². The third-order valence-electron chi connectivity index (χ3n) is 4.64. The second-order valence-corrected chi connectivity index (χ2v) is 9.04. The number of aryl methyl sites for hydroxylation is 1. The summed E-state index contributed by atoms with van der Waals surface area (Å²) < 4.78 is 30.7. The molecular weight excluding hydrogens is 388 g/mol. The first-order chi connectivity index (χ1) is 13.8. The fourth-order valence-electron chi connectivity index (χ4n) is 3.07. The standard InChI is InChI=1S/C22H30N2O4S/c1-18(11-12-19-8-5-4-6-9-19)23-22(25)10-7-17-24(29(3,26)27)20-13-15-21(28-2)16-14-20/h4-6,8-9,13-16,18H,7,10-12,17H2,1-3H3,(H,23,25)/t18-/m1/s1. The first-order valence-corrected chi connectivity index (χ1v) is 11.6. The van der Waals surface area contributed by atoms with Crippen molar-refractivity contribution in [3.63, 3.8) is 0 Å². The number of anilines is 1.